The van der Waals surface area contributed by atoms with Gasteiger partial charge >= 0.3 is 5.97 Å². The minimum atomic E-state index is -3.84. The van der Waals surface area contributed by atoms with Gasteiger partial charge < -0.3 is 5.11 Å². The molecule has 2 aromatic rings. The molecule has 2 rings (SSSR count). The van der Waals surface area contributed by atoms with E-state index in [2.05, 4.69) is 4.72 Å². The fourth-order valence-corrected chi connectivity index (χ4v) is 2.80. The SMILES string of the molecule is O=C(O)Cc1cccc(NS(=O)(=O)c2ccc(F)cc2)c1. The first-order valence-corrected chi connectivity index (χ1v) is 7.44. The van der Waals surface area contributed by atoms with Crippen LogP contribution in [-0.4, -0.2) is 19.5 Å². The number of benzene rings is 2. The summed E-state index contributed by atoms with van der Waals surface area (Å²) in [6, 6.07) is 10.5. The van der Waals surface area contributed by atoms with E-state index in [1.807, 2.05) is 0 Å². The van der Waals surface area contributed by atoms with Crippen molar-refractivity contribution in [3.63, 3.8) is 0 Å². The van der Waals surface area contributed by atoms with E-state index >= 15 is 0 Å². The Balaban J connectivity index is 2.24. The molecule has 0 aliphatic rings. The Morgan fingerprint density at radius 3 is 2.43 bits per heavy atom. The molecule has 0 heterocycles. The lowest BCUT2D eigenvalue weighted by Gasteiger charge is -2.09. The predicted molar refractivity (Wildman–Crippen MR) is 75.0 cm³/mol. The third-order valence-corrected chi connectivity index (χ3v) is 4.06. The van der Waals surface area contributed by atoms with Crippen LogP contribution in [0.25, 0.3) is 0 Å². The highest BCUT2D eigenvalue weighted by Gasteiger charge is 2.14. The second kappa shape index (κ2) is 5.92. The molecule has 0 spiro atoms. The standard InChI is InChI=1S/C14H12FNO4S/c15-11-4-6-13(7-5-11)21(19,20)16-12-3-1-2-10(8-12)9-14(17)18/h1-8,16H,9H2,(H,17,18). The molecule has 0 saturated heterocycles. The Bertz CT molecular complexity index is 757. The van der Waals surface area contributed by atoms with Crippen LogP contribution in [0.1, 0.15) is 5.56 Å². The summed E-state index contributed by atoms with van der Waals surface area (Å²) in [6.45, 7) is 0. The fraction of sp³-hybridized carbons (Fsp3) is 0.0714. The van der Waals surface area contributed by atoms with Crippen molar-refractivity contribution in [1.29, 1.82) is 0 Å². The summed E-state index contributed by atoms with van der Waals surface area (Å²) in [5.41, 5.74) is 0.722. The van der Waals surface area contributed by atoms with Gasteiger partial charge in [0.25, 0.3) is 10.0 Å². The van der Waals surface area contributed by atoms with Crippen molar-refractivity contribution < 1.29 is 22.7 Å². The Labute approximate surface area is 121 Å². The number of anilines is 1. The smallest absolute Gasteiger partial charge is 0.307 e. The van der Waals surface area contributed by atoms with Gasteiger partial charge in [0.05, 0.1) is 11.3 Å². The number of nitrogens with one attached hydrogen (secondary N) is 1. The van der Waals surface area contributed by atoms with Gasteiger partial charge in [0, 0.05) is 5.69 Å². The molecule has 0 bridgehead atoms. The first kappa shape index (κ1) is 15.0. The zero-order chi connectivity index (χ0) is 15.5. The van der Waals surface area contributed by atoms with Crippen molar-refractivity contribution >= 4 is 21.7 Å². The highest BCUT2D eigenvalue weighted by atomic mass is 32.2. The van der Waals surface area contributed by atoms with Gasteiger partial charge in [-0.3, -0.25) is 9.52 Å². The Kier molecular flexibility index (Phi) is 4.23. The number of carboxylic acids is 1. The van der Waals surface area contributed by atoms with Gasteiger partial charge in [-0.1, -0.05) is 12.1 Å². The first-order valence-electron chi connectivity index (χ1n) is 5.96. The van der Waals surface area contributed by atoms with E-state index in [9.17, 15) is 17.6 Å². The van der Waals surface area contributed by atoms with Crippen LogP contribution in [0.5, 0.6) is 0 Å². The molecule has 2 aromatic carbocycles. The van der Waals surface area contributed by atoms with Gasteiger partial charge in [0.1, 0.15) is 5.82 Å². The molecule has 7 heteroatoms. The number of aliphatic carboxylic acids is 1. The third-order valence-electron chi connectivity index (χ3n) is 2.66. The first-order chi connectivity index (χ1) is 9.87. The van der Waals surface area contributed by atoms with E-state index in [-0.39, 0.29) is 17.0 Å². The van der Waals surface area contributed by atoms with Gasteiger partial charge in [0.2, 0.25) is 0 Å². The number of rotatable bonds is 5. The third kappa shape index (κ3) is 4.03. The lowest BCUT2D eigenvalue weighted by Crippen LogP contribution is -2.13. The van der Waals surface area contributed by atoms with Crippen LogP contribution in [0.4, 0.5) is 10.1 Å². The summed E-state index contributed by atoms with van der Waals surface area (Å²) in [5, 5.41) is 8.72. The minimum absolute atomic E-state index is 0.0764. The van der Waals surface area contributed by atoms with E-state index < -0.39 is 21.8 Å². The molecule has 0 saturated carbocycles. The Morgan fingerprint density at radius 1 is 1.14 bits per heavy atom. The second-order valence-electron chi connectivity index (χ2n) is 4.33. The van der Waals surface area contributed by atoms with Crippen molar-refractivity contribution in [1.82, 2.24) is 0 Å². The molecule has 0 aliphatic heterocycles. The van der Waals surface area contributed by atoms with Crippen LogP contribution in [0, 0.1) is 5.82 Å². The molecule has 21 heavy (non-hydrogen) atoms. The zero-order valence-corrected chi connectivity index (χ0v) is 11.6. The maximum Gasteiger partial charge on any atom is 0.307 e. The van der Waals surface area contributed by atoms with Gasteiger partial charge in [-0.25, -0.2) is 12.8 Å². The fourth-order valence-electron chi connectivity index (χ4n) is 1.75. The molecule has 0 fully saturated rings. The number of sulfonamides is 1. The van der Waals surface area contributed by atoms with E-state index in [0.717, 1.165) is 24.3 Å². The van der Waals surface area contributed by atoms with Gasteiger partial charge in [-0.15, -0.1) is 0 Å². The molecule has 0 aliphatic carbocycles. The average molecular weight is 309 g/mol. The average Bonchev–Trinajstić information content (AvgIpc) is 2.38. The summed E-state index contributed by atoms with van der Waals surface area (Å²) >= 11 is 0. The molecular formula is C14H12FNO4S. The highest BCUT2D eigenvalue weighted by Crippen LogP contribution is 2.17. The van der Waals surface area contributed by atoms with Gasteiger partial charge in [-0.05, 0) is 42.0 Å². The highest BCUT2D eigenvalue weighted by molar-refractivity contribution is 7.92. The minimum Gasteiger partial charge on any atom is -0.481 e. The molecule has 110 valence electrons. The van der Waals surface area contributed by atoms with Crippen molar-refractivity contribution in [2.24, 2.45) is 0 Å². The molecule has 5 nitrogen and oxygen atoms in total. The number of hydrogen-bond acceptors (Lipinski definition) is 3. The van der Waals surface area contributed by atoms with Crippen LogP contribution in [0.2, 0.25) is 0 Å². The van der Waals surface area contributed by atoms with E-state index in [1.165, 1.54) is 12.1 Å². The summed E-state index contributed by atoms with van der Waals surface area (Å²) in [7, 11) is -3.84. The lowest BCUT2D eigenvalue weighted by molar-refractivity contribution is -0.136. The quantitative estimate of drug-likeness (QED) is 0.887. The zero-order valence-electron chi connectivity index (χ0n) is 10.8. The van der Waals surface area contributed by atoms with E-state index in [4.69, 9.17) is 5.11 Å². The van der Waals surface area contributed by atoms with Crippen LogP contribution in [-0.2, 0) is 21.2 Å². The molecule has 0 atom stereocenters. The van der Waals surface area contributed by atoms with E-state index in [1.54, 1.807) is 12.1 Å². The number of carboxylic acid groups (broad SMARTS) is 1. The molecule has 0 aromatic heterocycles. The summed E-state index contributed by atoms with van der Waals surface area (Å²) in [6.07, 6.45) is -0.202. The maximum absolute atomic E-state index is 12.8. The molecule has 2 N–H and O–H groups in total. The van der Waals surface area contributed by atoms with Crippen molar-refractivity contribution in [3.8, 4) is 0 Å². The topological polar surface area (TPSA) is 83.5 Å². The van der Waals surface area contributed by atoms with Crippen LogP contribution < -0.4 is 4.72 Å². The van der Waals surface area contributed by atoms with Crippen LogP contribution in [0.3, 0.4) is 0 Å². The van der Waals surface area contributed by atoms with Crippen molar-refractivity contribution in [2.45, 2.75) is 11.3 Å². The van der Waals surface area contributed by atoms with Crippen molar-refractivity contribution in [3.05, 3.63) is 59.9 Å². The van der Waals surface area contributed by atoms with Crippen LogP contribution >= 0.6 is 0 Å². The van der Waals surface area contributed by atoms with E-state index in [0.29, 0.717) is 5.56 Å². The second-order valence-corrected chi connectivity index (χ2v) is 6.01. The largest absolute Gasteiger partial charge is 0.481 e. The molecule has 0 amide bonds. The lowest BCUT2D eigenvalue weighted by atomic mass is 10.1. The number of hydrogen-bond donors (Lipinski definition) is 2. The summed E-state index contributed by atoms with van der Waals surface area (Å²) < 4.78 is 39.3. The Hall–Kier alpha value is -2.41. The monoisotopic (exact) mass is 309 g/mol. The number of carbonyl (C=O) groups is 1. The number of halogens is 1. The predicted octanol–water partition coefficient (Wildman–Crippen LogP) is 2.25. The summed E-state index contributed by atoms with van der Waals surface area (Å²) in [5.74, 6) is -1.54. The molecule has 0 unspecified atom stereocenters. The maximum atomic E-state index is 12.8. The van der Waals surface area contributed by atoms with Gasteiger partial charge in [-0.2, -0.15) is 0 Å². The molecular weight excluding hydrogens is 297 g/mol. The Morgan fingerprint density at radius 2 is 1.81 bits per heavy atom. The van der Waals surface area contributed by atoms with Crippen LogP contribution in [0.15, 0.2) is 53.4 Å². The summed E-state index contributed by atoms with van der Waals surface area (Å²) in [4.78, 5) is 10.6. The normalized spacial score (nSPS) is 11.1. The van der Waals surface area contributed by atoms with Gasteiger partial charge in [0.15, 0.2) is 0 Å². The van der Waals surface area contributed by atoms with Crippen molar-refractivity contribution in [2.75, 3.05) is 4.72 Å². The molecule has 0 radical (unpaired) electrons.